The molecule has 116 valence electrons. The number of methoxy groups -OCH3 is 1. The minimum Gasteiger partial charge on any atom is -0.495 e. The molecule has 0 bridgehead atoms. The van der Waals surface area contributed by atoms with Crippen LogP contribution in [-0.2, 0) is 0 Å². The smallest absolute Gasteiger partial charge is 0.146 e. The Kier molecular flexibility index (Phi) is 4.70. The van der Waals surface area contributed by atoms with E-state index in [1.54, 1.807) is 25.5 Å². The number of rotatable bonds is 4. The van der Waals surface area contributed by atoms with Crippen LogP contribution in [-0.4, -0.2) is 13.3 Å². The second-order valence-corrected chi connectivity index (χ2v) is 5.79. The number of hydrogen-bond acceptors (Lipinski definition) is 3. The molecule has 0 aromatic heterocycles. The third-order valence-corrected chi connectivity index (χ3v) is 3.89. The predicted octanol–water partition coefficient (Wildman–Crippen LogP) is 5.60. The molecule has 0 unspecified atom stereocenters. The fourth-order valence-electron chi connectivity index (χ4n) is 2.33. The van der Waals surface area contributed by atoms with Crippen LogP contribution in [0.25, 0.3) is 10.8 Å². The Bertz CT molecular complexity index is 878. The van der Waals surface area contributed by atoms with Crippen LogP contribution < -0.4 is 10.2 Å². The number of anilines is 1. The van der Waals surface area contributed by atoms with E-state index < -0.39 is 0 Å². The van der Waals surface area contributed by atoms with Crippen molar-refractivity contribution in [2.24, 2.45) is 5.10 Å². The lowest BCUT2D eigenvalue weighted by Gasteiger charge is -2.07. The second-order valence-electron chi connectivity index (χ2n) is 4.94. The van der Waals surface area contributed by atoms with Gasteiger partial charge in [-0.1, -0.05) is 53.5 Å². The van der Waals surface area contributed by atoms with Gasteiger partial charge in [-0.15, -0.1) is 0 Å². The maximum Gasteiger partial charge on any atom is 0.146 e. The molecular weight excluding hydrogens is 331 g/mol. The van der Waals surface area contributed by atoms with Gasteiger partial charge in [0.2, 0.25) is 0 Å². The molecule has 1 N–H and O–H groups in total. The van der Waals surface area contributed by atoms with Gasteiger partial charge in [-0.3, -0.25) is 5.43 Å². The quantitative estimate of drug-likeness (QED) is 0.493. The molecule has 3 nitrogen and oxygen atoms in total. The Morgan fingerprint density at radius 2 is 1.78 bits per heavy atom. The van der Waals surface area contributed by atoms with Crippen LogP contribution in [0, 0.1) is 0 Å². The molecule has 0 aliphatic rings. The largest absolute Gasteiger partial charge is 0.495 e. The summed E-state index contributed by atoms with van der Waals surface area (Å²) >= 11 is 12.1. The minimum absolute atomic E-state index is 0.451. The fourth-order valence-corrected chi connectivity index (χ4v) is 2.91. The van der Waals surface area contributed by atoms with E-state index in [1.807, 2.05) is 30.3 Å². The van der Waals surface area contributed by atoms with Gasteiger partial charge in [0.15, 0.2) is 0 Å². The summed E-state index contributed by atoms with van der Waals surface area (Å²) in [6.07, 6.45) is 1.63. The number of benzene rings is 3. The first-order valence-electron chi connectivity index (χ1n) is 6.98. The molecule has 3 aromatic carbocycles. The van der Waals surface area contributed by atoms with Crippen molar-refractivity contribution in [2.45, 2.75) is 0 Å². The monoisotopic (exact) mass is 344 g/mol. The lowest BCUT2D eigenvalue weighted by Crippen LogP contribution is -1.95. The number of hydrazone groups is 1. The first kappa shape index (κ1) is 15.7. The summed E-state index contributed by atoms with van der Waals surface area (Å²) in [6, 6.07) is 17.6. The fraction of sp³-hybridized carbons (Fsp3) is 0.0556. The molecule has 0 spiro atoms. The third kappa shape index (κ3) is 3.58. The van der Waals surface area contributed by atoms with Gasteiger partial charge in [-0.2, -0.15) is 5.10 Å². The van der Waals surface area contributed by atoms with Gasteiger partial charge >= 0.3 is 0 Å². The zero-order valence-electron chi connectivity index (χ0n) is 12.4. The summed E-state index contributed by atoms with van der Waals surface area (Å²) in [5, 5.41) is 7.55. The summed E-state index contributed by atoms with van der Waals surface area (Å²) in [5.41, 5.74) is 4.61. The number of nitrogens with one attached hydrogen (secondary N) is 1. The third-order valence-electron chi connectivity index (χ3n) is 3.39. The molecule has 0 fully saturated rings. The number of ether oxygens (including phenoxy) is 1. The number of hydrogen-bond donors (Lipinski definition) is 1. The highest BCUT2D eigenvalue weighted by molar-refractivity contribution is 6.36. The molecule has 0 atom stereocenters. The van der Waals surface area contributed by atoms with Crippen LogP contribution in [0.3, 0.4) is 0 Å². The number of fused-ring (bicyclic) bond motifs is 1. The zero-order chi connectivity index (χ0) is 16.2. The average molecular weight is 345 g/mol. The van der Waals surface area contributed by atoms with Crippen molar-refractivity contribution in [1.82, 2.24) is 0 Å². The van der Waals surface area contributed by atoms with Crippen LogP contribution >= 0.6 is 23.2 Å². The van der Waals surface area contributed by atoms with Gasteiger partial charge in [0.25, 0.3) is 0 Å². The maximum atomic E-state index is 6.10. The summed E-state index contributed by atoms with van der Waals surface area (Å²) in [5.74, 6) is 0.542. The van der Waals surface area contributed by atoms with Crippen LogP contribution in [0.4, 0.5) is 5.69 Å². The van der Waals surface area contributed by atoms with E-state index in [-0.39, 0.29) is 0 Å². The van der Waals surface area contributed by atoms with Crippen LogP contribution in [0.15, 0.2) is 59.7 Å². The first-order chi connectivity index (χ1) is 11.2. The van der Waals surface area contributed by atoms with E-state index in [1.165, 1.54) is 5.39 Å². The Morgan fingerprint density at radius 3 is 2.57 bits per heavy atom. The molecule has 0 saturated heterocycles. The van der Waals surface area contributed by atoms with Crippen LogP contribution in [0.1, 0.15) is 5.56 Å². The van der Waals surface area contributed by atoms with Crippen molar-refractivity contribution in [3.63, 3.8) is 0 Å². The Morgan fingerprint density at radius 1 is 1.00 bits per heavy atom. The van der Waals surface area contributed by atoms with E-state index in [9.17, 15) is 0 Å². The van der Waals surface area contributed by atoms with Crippen molar-refractivity contribution in [3.8, 4) is 5.75 Å². The molecule has 0 radical (unpaired) electrons. The highest BCUT2D eigenvalue weighted by Gasteiger charge is 2.07. The van der Waals surface area contributed by atoms with Gasteiger partial charge in [0.05, 0.1) is 24.0 Å². The molecule has 0 saturated carbocycles. The van der Waals surface area contributed by atoms with Crippen molar-refractivity contribution < 1.29 is 4.74 Å². The topological polar surface area (TPSA) is 33.6 Å². The SMILES string of the molecule is COc1c(Cl)cc(Cl)cc1C=NNc1ccc2ccccc2c1. The normalized spacial score (nSPS) is 11.1. The van der Waals surface area contributed by atoms with E-state index >= 15 is 0 Å². The average Bonchev–Trinajstić information content (AvgIpc) is 2.54. The van der Waals surface area contributed by atoms with Crippen molar-refractivity contribution in [3.05, 3.63) is 70.2 Å². The van der Waals surface area contributed by atoms with Crippen molar-refractivity contribution >= 4 is 45.9 Å². The highest BCUT2D eigenvalue weighted by atomic mass is 35.5. The predicted molar refractivity (Wildman–Crippen MR) is 98.2 cm³/mol. The van der Waals surface area contributed by atoms with E-state index in [2.05, 4.69) is 22.7 Å². The maximum absolute atomic E-state index is 6.10. The summed E-state index contributed by atoms with van der Waals surface area (Å²) in [6.45, 7) is 0. The molecule has 0 heterocycles. The Labute approximate surface area is 144 Å². The molecule has 3 rings (SSSR count). The standard InChI is InChI=1S/C18H14Cl2N2O/c1-23-18-14(8-15(19)10-17(18)20)11-21-22-16-7-6-12-4-2-3-5-13(12)9-16/h2-11,22H,1H3. The second kappa shape index (κ2) is 6.90. The Balaban J connectivity index is 1.83. The summed E-state index contributed by atoms with van der Waals surface area (Å²) < 4.78 is 5.28. The van der Waals surface area contributed by atoms with Crippen molar-refractivity contribution in [1.29, 1.82) is 0 Å². The lowest BCUT2D eigenvalue weighted by atomic mass is 10.1. The van der Waals surface area contributed by atoms with Gasteiger partial charge in [0.1, 0.15) is 5.75 Å². The lowest BCUT2D eigenvalue weighted by molar-refractivity contribution is 0.414. The van der Waals surface area contributed by atoms with E-state index in [4.69, 9.17) is 27.9 Å². The molecule has 5 heteroatoms. The van der Waals surface area contributed by atoms with Crippen molar-refractivity contribution in [2.75, 3.05) is 12.5 Å². The number of nitrogens with zero attached hydrogens (tertiary/aromatic N) is 1. The molecule has 23 heavy (non-hydrogen) atoms. The number of halogens is 2. The zero-order valence-corrected chi connectivity index (χ0v) is 13.9. The van der Waals surface area contributed by atoms with Gasteiger partial charge in [-0.05, 0) is 35.0 Å². The molecule has 0 aliphatic carbocycles. The van der Waals surface area contributed by atoms with Gasteiger partial charge in [0, 0.05) is 10.6 Å². The molecule has 3 aromatic rings. The Hall–Kier alpha value is -2.23. The van der Waals surface area contributed by atoms with E-state index in [0.717, 1.165) is 11.1 Å². The minimum atomic E-state index is 0.451. The first-order valence-corrected chi connectivity index (χ1v) is 7.74. The molecular formula is C18H14Cl2N2O. The summed E-state index contributed by atoms with van der Waals surface area (Å²) in [7, 11) is 1.56. The van der Waals surface area contributed by atoms with Crippen LogP contribution in [0.2, 0.25) is 10.0 Å². The van der Waals surface area contributed by atoms with Gasteiger partial charge < -0.3 is 4.74 Å². The van der Waals surface area contributed by atoms with Gasteiger partial charge in [-0.25, -0.2) is 0 Å². The summed E-state index contributed by atoms with van der Waals surface area (Å²) in [4.78, 5) is 0. The van der Waals surface area contributed by atoms with Crippen LogP contribution in [0.5, 0.6) is 5.75 Å². The highest BCUT2D eigenvalue weighted by Crippen LogP contribution is 2.31. The van der Waals surface area contributed by atoms with E-state index in [0.29, 0.717) is 21.4 Å². The molecule has 0 aliphatic heterocycles. The molecule has 0 amide bonds.